The van der Waals surface area contributed by atoms with Gasteiger partial charge in [0.2, 0.25) is 0 Å². The van der Waals surface area contributed by atoms with Gasteiger partial charge in [0.05, 0.1) is 11.4 Å². The first-order valence-corrected chi connectivity index (χ1v) is 13.8. The van der Waals surface area contributed by atoms with E-state index in [1.54, 1.807) is 0 Å². The van der Waals surface area contributed by atoms with Gasteiger partial charge in [0.1, 0.15) is 0 Å². The maximum absolute atomic E-state index is 4.77. The molecule has 2 aromatic rings. The maximum atomic E-state index is 4.77. The van der Waals surface area contributed by atoms with Crippen LogP contribution in [0.15, 0.2) is 34.3 Å². The summed E-state index contributed by atoms with van der Waals surface area (Å²) in [6.07, 6.45) is 4.12. The van der Waals surface area contributed by atoms with E-state index < -0.39 is 0 Å². The van der Waals surface area contributed by atoms with E-state index in [1.165, 1.54) is 33.4 Å². The van der Waals surface area contributed by atoms with Crippen molar-refractivity contribution < 1.29 is 13.1 Å². The van der Waals surface area contributed by atoms with Crippen molar-refractivity contribution in [3.63, 3.8) is 0 Å². The second-order valence-electron chi connectivity index (χ2n) is 7.65. The van der Waals surface area contributed by atoms with Gasteiger partial charge >= 0.3 is 33.3 Å². The number of aliphatic imine (C=N–C) groups is 2. The van der Waals surface area contributed by atoms with Crippen LogP contribution in [0.25, 0.3) is 0 Å². The molecular weight excluding hydrogens is 475 g/mol. The summed E-state index contributed by atoms with van der Waals surface area (Å²) in [6, 6.07) is 8.77. The van der Waals surface area contributed by atoms with E-state index in [-0.39, 0.29) is 13.1 Å². The molecule has 2 rings (SSSR count). The second kappa shape index (κ2) is 13.6. The molecule has 2 atom stereocenters. The van der Waals surface area contributed by atoms with Gasteiger partial charge in [-0.3, -0.25) is 9.98 Å². The summed E-state index contributed by atoms with van der Waals surface area (Å²) in [5, 5.41) is 0.651. The zero-order valence-electron chi connectivity index (χ0n) is 19.0. The van der Waals surface area contributed by atoms with Crippen LogP contribution in [0.5, 0.6) is 0 Å². The van der Waals surface area contributed by atoms with Gasteiger partial charge < -0.3 is 0 Å². The van der Waals surface area contributed by atoms with Crippen LogP contribution in [-0.2, 0) is 13.1 Å². The molecule has 0 spiro atoms. The van der Waals surface area contributed by atoms with Crippen molar-refractivity contribution in [2.24, 2.45) is 9.98 Å². The number of aryl methyl sites for hydroxylation is 6. The Labute approximate surface area is 201 Å². The molecule has 2 nitrogen and oxygen atoms in total. The number of hydrogen-bond donors (Lipinski definition) is 0. The fourth-order valence-corrected chi connectivity index (χ4v) is 4.46. The standard InChI is InChI=1S/C24H32N2S.2ClH.Fe/c1-15-9-17(3)23(18(4)10-15)25-13-21(7)27-22(8)14-26-24-19(5)11-16(2)12-20(24)6;;;/h9-14,21-22H,1-8H3;2*1H;/q;;;+2/p-2. The first-order valence-electron chi connectivity index (χ1n) is 9.83. The van der Waals surface area contributed by atoms with E-state index in [0.717, 1.165) is 11.4 Å². The summed E-state index contributed by atoms with van der Waals surface area (Å²) in [5.41, 5.74) is 9.72. The summed E-state index contributed by atoms with van der Waals surface area (Å²) in [7, 11) is 9.53. The molecule has 0 aliphatic carbocycles. The summed E-state index contributed by atoms with van der Waals surface area (Å²) in [6.45, 7) is 17.2. The molecular formula is C24H32Cl2FeN2S. The van der Waals surface area contributed by atoms with Crippen molar-refractivity contribution in [3.05, 3.63) is 57.6 Å². The monoisotopic (exact) mass is 506 g/mol. The number of rotatable bonds is 6. The molecule has 2 unspecified atom stereocenters. The molecule has 166 valence electrons. The Balaban J connectivity index is 0.00000141. The Hall–Kier alpha value is -0.771. The van der Waals surface area contributed by atoms with Crippen LogP contribution in [-0.4, -0.2) is 22.9 Å². The van der Waals surface area contributed by atoms with Gasteiger partial charge in [0.15, 0.2) is 0 Å². The third-order valence-electron chi connectivity index (χ3n) is 4.53. The van der Waals surface area contributed by atoms with Crippen LogP contribution in [0.1, 0.15) is 47.2 Å². The van der Waals surface area contributed by atoms with Crippen molar-refractivity contribution in [3.8, 4) is 0 Å². The van der Waals surface area contributed by atoms with E-state index in [9.17, 15) is 0 Å². The molecule has 0 aliphatic heterocycles. The van der Waals surface area contributed by atoms with Crippen molar-refractivity contribution in [2.45, 2.75) is 65.9 Å². The second-order valence-corrected chi connectivity index (χ2v) is 11.2. The molecule has 0 aromatic heterocycles. The first-order chi connectivity index (χ1) is 14.1. The van der Waals surface area contributed by atoms with Gasteiger partial charge in [-0.05, 0) is 77.6 Å². The van der Waals surface area contributed by atoms with Gasteiger partial charge in [0, 0.05) is 22.9 Å². The normalized spacial score (nSPS) is 13.5. The SMILES string of the molecule is Cc1cc(C)c(N=CC(C)SC(C)C=Nc2c(C)cc(C)cc2C)c(C)c1.[Cl][Fe][Cl]. The molecule has 0 amide bonds. The van der Waals surface area contributed by atoms with Crippen LogP contribution in [0.2, 0.25) is 0 Å². The van der Waals surface area contributed by atoms with Gasteiger partial charge in [-0.2, -0.15) is 0 Å². The zero-order chi connectivity index (χ0) is 22.8. The van der Waals surface area contributed by atoms with E-state index in [0.29, 0.717) is 10.5 Å². The average molecular weight is 507 g/mol. The summed E-state index contributed by atoms with van der Waals surface area (Å²) >= 11 is 2.06. The predicted octanol–water partition coefficient (Wildman–Crippen LogP) is 8.53. The van der Waals surface area contributed by atoms with Crippen molar-refractivity contribution >= 4 is 55.8 Å². The number of hydrogen-bond acceptors (Lipinski definition) is 3. The summed E-state index contributed by atoms with van der Waals surface area (Å²) < 4.78 is 0. The number of thioether (sulfide) groups is 1. The summed E-state index contributed by atoms with van der Waals surface area (Å²) in [4.78, 5) is 9.53. The Morgan fingerprint density at radius 1 is 0.700 bits per heavy atom. The van der Waals surface area contributed by atoms with Crippen LogP contribution in [0.3, 0.4) is 0 Å². The molecule has 0 radical (unpaired) electrons. The molecule has 0 saturated heterocycles. The Bertz CT molecular complexity index is 779. The van der Waals surface area contributed by atoms with Gasteiger partial charge in [-0.25, -0.2) is 0 Å². The minimum atomic E-state index is 0.194. The van der Waals surface area contributed by atoms with Gasteiger partial charge in [-0.1, -0.05) is 35.4 Å². The average Bonchev–Trinajstić information content (AvgIpc) is 2.60. The molecule has 0 saturated carbocycles. The summed E-state index contributed by atoms with van der Waals surface area (Å²) in [5.74, 6) is 0. The third kappa shape index (κ3) is 9.16. The molecule has 0 bridgehead atoms. The van der Waals surface area contributed by atoms with E-state index in [4.69, 9.17) is 30.2 Å². The fraction of sp³-hybridized carbons (Fsp3) is 0.417. The van der Waals surface area contributed by atoms with E-state index in [2.05, 4.69) is 92.1 Å². The molecule has 0 N–H and O–H groups in total. The zero-order valence-corrected chi connectivity index (χ0v) is 22.5. The number of halogens is 2. The fourth-order valence-electron chi connectivity index (χ4n) is 3.52. The van der Waals surface area contributed by atoms with Gasteiger partial charge in [-0.15, -0.1) is 11.8 Å². The quantitative estimate of drug-likeness (QED) is 0.284. The third-order valence-corrected chi connectivity index (χ3v) is 5.63. The van der Waals surface area contributed by atoms with Crippen molar-refractivity contribution in [1.82, 2.24) is 0 Å². The van der Waals surface area contributed by atoms with Gasteiger partial charge in [0.25, 0.3) is 0 Å². The Kier molecular flexibility index (Phi) is 12.4. The van der Waals surface area contributed by atoms with Crippen LogP contribution in [0, 0.1) is 41.5 Å². The van der Waals surface area contributed by atoms with Crippen LogP contribution in [0.4, 0.5) is 11.4 Å². The first kappa shape index (κ1) is 27.3. The van der Waals surface area contributed by atoms with Crippen LogP contribution < -0.4 is 0 Å². The van der Waals surface area contributed by atoms with Crippen LogP contribution >= 0.6 is 32.0 Å². The van der Waals surface area contributed by atoms with Crippen molar-refractivity contribution in [2.75, 3.05) is 0 Å². The number of nitrogens with zero attached hydrogens (tertiary/aromatic N) is 2. The minimum absolute atomic E-state index is 0.194. The Morgan fingerprint density at radius 2 is 0.967 bits per heavy atom. The molecule has 30 heavy (non-hydrogen) atoms. The molecule has 6 heteroatoms. The van der Waals surface area contributed by atoms with Crippen molar-refractivity contribution in [1.29, 1.82) is 0 Å². The topological polar surface area (TPSA) is 24.7 Å². The van der Waals surface area contributed by atoms with E-state index in [1.807, 2.05) is 11.8 Å². The van der Waals surface area contributed by atoms with E-state index >= 15 is 0 Å². The molecule has 0 aliphatic rings. The Morgan fingerprint density at radius 3 is 1.23 bits per heavy atom. The predicted molar refractivity (Wildman–Crippen MR) is 136 cm³/mol. The molecule has 0 heterocycles. The molecule has 2 aromatic carbocycles. The number of benzene rings is 2. The molecule has 0 fully saturated rings.